The number of aliphatic carboxylic acids is 2. The van der Waals surface area contributed by atoms with E-state index in [0.717, 1.165) is 17.4 Å². The molecular weight excluding hydrogens is 406 g/mol. The van der Waals surface area contributed by atoms with Gasteiger partial charge in [-0.3, -0.25) is 0 Å². The first-order valence-corrected chi connectivity index (χ1v) is 12.0. The molecule has 1 aliphatic heterocycles. The van der Waals surface area contributed by atoms with Crippen LogP contribution in [-0.4, -0.2) is 51.3 Å². The molecule has 1 unspecified atom stereocenters. The molecule has 1 aromatic carbocycles. The topological polar surface area (TPSA) is 86.6 Å². The number of nitrogens with one attached hydrogen (secondary N) is 1. The van der Waals surface area contributed by atoms with Crippen LogP contribution >= 0.6 is 23.5 Å². The van der Waals surface area contributed by atoms with Crippen LogP contribution in [0.1, 0.15) is 44.1 Å². The Bertz CT molecular complexity index is 640. The first-order chi connectivity index (χ1) is 14.0. The van der Waals surface area contributed by atoms with Gasteiger partial charge >= 0.3 is 11.9 Å². The van der Waals surface area contributed by atoms with Gasteiger partial charge in [0.05, 0.1) is 10.6 Å². The van der Waals surface area contributed by atoms with Crippen molar-refractivity contribution in [2.24, 2.45) is 0 Å². The minimum Gasteiger partial charge on any atom is -0.473 e. The lowest BCUT2D eigenvalue weighted by Gasteiger charge is -2.19. The number of hydrogen-bond donors (Lipinski definition) is 3. The Morgan fingerprint density at radius 3 is 2.38 bits per heavy atom. The molecule has 1 aromatic rings. The quantitative estimate of drug-likeness (QED) is 0.320. The van der Waals surface area contributed by atoms with Gasteiger partial charge in [0.25, 0.3) is 0 Å². The average Bonchev–Trinajstić information content (AvgIpc) is 2.74. The van der Waals surface area contributed by atoms with Gasteiger partial charge in [0, 0.05) is 6.42 Å². The van der Waals surface area contributed by atoms with E-state index >= 15 is 0 Å². The molecule has 0 saturated carbocycles. The Balaban J connectivity index is 0.000000612. The summed E-state index contributed by atoms with van der Waals surface area (Å²) >= 11 is 4.24. The zero-order chi connectivity index (χ0) is 21.3. The van der Waals surface area contributed by atoms with Crippen LogP contribution in [0.4, 0.5) is 0 Å². The maximum absolute atomic E-state index is 9.10. The van der Waals surface area contributed by atoms with Gasteiger partial charge in [-0.1, -0.05) is 42.7 Å². The number of carboxylic acids is 2. The number of hydrogen-bond acceptors (Lipinski definition) is 5. The minimum absolute atomic E-state index is 0.359. The first-order valence-electron chi connectivity index (χ1n) is 9.92. The van der Waals surface area contributed by atoms with E-state index in [1.54, 1.807) is 0 Å². The monoisotopic (exact) mass is 437 g/mol. The molecule has 0 spiro atoms. The summed E-state index contributed by atoms with van der Waals surface area (Å²) in [4.78, 5) is 18.2. The zero-order valence-corrected chi connectivity index (χ0v) is 18.6. The van der Waals surface area contributed by atoms with Gasteiger partial charge in [-0.15, -0.1) is 29.4 Å². The predicted molar refractivity (Wildman–Crippen MR) is 122 cm³/mol. The number of benzene rings is 1. The molecule has 1 fully saturated rings. The summed E-state index contributed by atoms with van der Waals surface area (Å²) in [7, 11) is 2.03. The second kappa shape index (κ2) is 16.2. The smallest absolute Gasteiger partial charge is 0.414 e. The molecule has 2 rings (SSSR count). The van der Waals surface area contributed by atoms with Crippen molar-refractivity contribution in [3.8, 4) is 11.8 Å². The predicted octanol–water partition coefficient (Wildman–Crippen LogP) is 4.12. The molecule has 5 nitrogen and oxygen atoms in total. The highest BCUT2D eigenvalue weighted by Crippen LogP contribution is 2.33. The molecule has 160 valence electrons. The van der Waals surface area contributed by atoms with Gasteiger partial charge < -0.3 is 15.5 Å². The molecule has 0 aromatic heterocycles. The summed E-state index contributed by atoms with van der Waals surface area (Å²) in [6.07, 6.45) is 8.49. The van der Waals surface area contributed by atoms with Crippen molar-refractivity contribution in [1.82, 2.24) is 5.32 Å². The highest BCUT2D eigenvalue weighted by molar-refractivity contribution is 8.17. The Morgan fingerprint density at radius 2 is 1.79 bits per heavy atom. The molecule has 0 bridgehead atoms. The van der Waals surface area contributed by atoms with Crippen LogP contribution < -0.4 is 5.32 Å². The average molecular weight is 438 g/mol. The summed E-state index contributed by atoms with van der Waals surface area (Å²) in [5, 5.41) is 18.1. The summed E-state index contributed by atoms with van der Waals surface area (Å²) in [5.74, 6) is 5.86. The standard InChI is InChI=1S/C20H29NS2.C2H2O4/c1-21-19(13-6-5-12-18-10-3-2-4-11-18)14-7-8-15-20-22-16-9-17-23-20;3-1(4)2(5)6/h2-4,10-11,19-21H,5-6,8-9,12-13,15-17H2,1H3;(H,3,4)(H,5,6). The summed E-state index contributed by atoms with van der Waals surface area (Å²) < 4.78 is 0.789. The Morgan fingerprint density at radius 1 is 1.14 bits per heavy atom. The molecule has 3 N–H and O–H groups in total. The fourth-order valence-corrected chi connectivity index (χ4v) is 5.56. The van der Waals surface area contributed by atoms with E-state index in [9.17, 15) is 0 Å². The molecule has 1 heterocycles. The Kier molecular flexibility index (Phi) is 14.2. The Labute approximate surface area is 182 Å². The van der Waals surface area contributed by atoms with Gasteiger partial charge in [0.1, 0.15) is 0 Å². The van der Waals surface area contributed by atoms with Crippen molar-refractivity contribution in [3.05, 3.63) is 35.9 Å². The largest absolute Gasteiger partial charge is 0.473 e. The van der Waals surface area contributed by atoms with Crippen molar-refractivity contribution < 1.29 is 19.8 Å². The number of thioether (sulfide) groups is 2. The molecule has 0 aliphatic carbocycles. The molecule has 1 saturated heterocycles. The number of rotatable bonds is 8. The molecule has 1 aliphatic rings. The second-order valence-corrected chi connectivity index (χ2v) is 9.49. The van der Waals surface area contributed by atoms with Gasteiger partial charge in [-0.2, -0.15) is 0 Å². The van der Waals surface area contributed by atoms with E-state index in [-0.39, 0.29) is 0 Å². The Hall–Kier alpha value is -1.62. The van der Waals surface area contributed by atoms with Crippen LogP contribution in [0.2, 0.25) is 0 Å². The van der Waals surface area contributed by atoms with Crippen molar-refractivity contribution in [2.75, 3.05) is 18.6 Å². The van der Waals surface area contributed by atoms with E-state index in [0.29, 0.717) is 6.04 Å². The number of aryl methyl sites for hydroxylation is 1. The fraction of sp³-hybridized carbons (Fsp3) is 0.545. The van der Waals surface area contributed by atoms with Gasteiger partial charge in [-0.25, -0.2) is 9.59 Å². The van der Waals surface area contributed by atoms with Gasteiger partial charge in [0.2, 0.25) is 0 Å². The lowest BCUT2D eigenvalue weighted by molar-refractivity contribution is -0.159. The van der Waals surface area contributed by atoms with Crippen LogP contribution in [0.15, 0.2) is 30.3 Å². The summed E-state index contributed by atoms with van der Waals surface area (Å²) in [5.41, 5.74) is 1.45. The zero-order valence-electron chi connectivity index (χ0n) is 16.9. The van der Waals surface area contributed by atoms with E-state index < -0.39 is 11.9 Å². The number of carbonyl (C=O) groups is 2. The van der Waals surface area contributed by atoms with E-state index in [4.69, 9.17) is 19.8 Å². The van der Waals surface area contributed by atoms with Crippen LogP contribution in [0.25, 0.3) is 0 Å². The molecule has 7 heteroatoms. The lowest BCUT2D eigenvalue weighted by Crippen LogP contribution is -2.23. The van der Waals surface area contributed by atoms with Gasteiger partial charge in [-0.05, 0) is 56.2 Å². The third kappa shape index (κ3) is 13.3. The van der Waals surface area contributed by atoms with E-state index in [1.807, 2.05) is 7.05 Å². The maximum Gasteiger partial charge on any atom is 0.414 e. The first kappa shape index (κ1) is 25.4. The van der Waals surface area contributed by atoms with Crippen molar-refractivity contribution in [2.45, 2.75) is 55.6 Å². The number of unbranched alkanes of at least 4 members (excludes halogenated alkanes) is 1. The second-order valence-electron chi connectivity index (χ2n) is 6.57. The maximum atomic E-state index is 9.10. The summed E-state index contributed by atoms with van der Waals surface area (Å²) in [6, 6.07) is 11.1. The minimum atomic E-state index is -1.82. The normalized spacial score (nSPS) is 14.7. The molecular formula is C22H31NO4S2. The van der Waals surface area contributed by atoms with Crippen LogP contribution in [-0.2, 0) is 16.0 Å². The SMILES string of the molecule is CNC(C#CCCC1SCCCS1)CCCCc1ccccc1.O=C(O)C(=O)O. The number of carboxylic acid groups (broad SMARTS) is 2. The van der Waals surface area contributed by atoms with Crippen molar-refractivity contribution in [1.29, 1.82) is 0 Å². The highest BCUT2D eigenvalue weighted by Gasteiger charge is 2.13. The van der Waals surface area contributed by atoms with E-state index in [1.165, 1.54) is 49.2 Å². The van der Waals surface area contributed by atoms with Crippen molar-refractivity contribution >= 4 is 35.5 Å². The van der Waals surface area contributed by atoms with Crippen LogP contribution in [0, 0.1) is 11.8 Å². The summed E-state index contributed by atoms with van der Waals surface area (Å²) in [6.45, 7) is 0. The lowest BCUT2D eigenvalue weighted by atomic mass is 10.0. The van der Waals surface area contributed by atoms with Crippen molar-refractivity contribution in [3.63, 3.8) is 0 Å². The van der Waals surface area contributed by atoms with Crippen LogP contribution in [0.3, 0.4) is 0 Å². The third-order valence-corrected chi connectivity index (χ3v) is 7.34. The molecule has 29 heavy (non-hydrogen) atoms. The molecule has 0 amide bonds. The third-order valence-electron chi connectivity index (χ3n) is 4.26. The van der Waals surface area contributed by atoms with E-state index in [2.05, 4.69) is 71.0 Å². The molecule has 1 atom stereocenters. The fourth-order valence-electron chi connectivity index (χ4n) is 2.70. The van der Waals surface area contributed by atoms with Crippen LogP contribution in [0.5, 0.6) is 0 Å². The highest BCUT2D eigenvalue weighted by atomic mass is 32.2. The van der Waals surface area contributed by atoms with Gasteiger partial charge in [0.15, 0.2) is 0 Å². The molecule has 0 radical (unpaired) electrons.